The standard InChI is InChI=1S/C13H20O/c1-4-12(9-14)8-13-6-5-10(2)7-11(13)3/h5-7,12,14H,4,8-9H2,1-3H3. The molecule has 0 aromatic heterocycles. The van der Waals surface area contributed by atoms with Gasteiger partial charge in [0.2, 0.25) is 0 Å². The van der Waals surface area contributed by atoms with Crippen molar-refractivity contribution in [1.82, 2.24) is 0 Å². The van der Waals surface area contributed by atoms with Crippen molar-refractivity contribution in [1.29, 1.82) is 0 Å². The Morgan fingerprint density at radius 1 is 1.29 bits per heavy atom. The van der Waals surface area contributed by atoms with Gasteiger partial charge in [0.05, 0.1) is 0 Å². The van der Waals surface area contributed by atoms with E-state index in [-0.39, 0.29) is 0 Å². The van der Waals surface area contributed by atoms with Crippen molar-refractivity contribution in [3.63, 3.8) is 0 Å². The zero-order valence-electron chi connectivity index (χ0n) is 9.38. The third kappa shape index (κ3) is 2.85. The first-order valence-electron chi connectivity index (χ1n) is 5.34. The van der Waals surface area contributed by atoms with E-state index in [2.05, 4.69) is 39.0 Å². The predicted molar refractivity (Wildman–Crippen MR) is 60.5 cm³/mol. The van der Waals surface area contributed by atoms with Crippen molar-refractivity contribution >= 4 is 0 Å². The van der Waals surface area contributed by atoms with Gasteiger partial charge in [-0.25, -0.2) is 0 Å². The fourth-order valence-corrected chi connectivity index (χ4v) is 1.72. The molecule has 0 saturated carbocycles. The minimum absolute atomic E-state index is 0.295. The van der Waals surface area contributed by atoms with Crippen LogP contribution in [0.15, 0.2) is 18.2 Å². The molecular formula is C13H20O. The summed E-state index contributed by atoms with van der Waals surface area (Å²) in [5, 5.41) is 9.13. The number of aliphatic hydroxyl groups is 1. The number of rotatable bonds is 4. The SMILES string of the molecule is CCC(CO)Cc1ccc(C)cc1C. The van der Waals surface area contributed by atoms with Crippen LogP contribution in [0.2, 0.25) is 0 Å². The summed E-state index contributed by atoms with van der Waals surface area (Å²) in [5.41, 5.74) is 4.02. The normalized spacial score (nSPS) is 12.9. The minimum atomic E-state index is 0.295. The lowest BCUT2D eigenvalue weighted by Crippen LogP contribution is -2.09. The highest BCUT2D eigenvalue weighted by molar-refractivity contribution is 5.30. The Bertz CT molecular complexity index is 287. The molecule has 1 aromatic carbocycles. The molecule has 1 nitrogen and oxygen atoms in total. The van der Waals surface area contributed by atoms with Crippen molar-refractivity contribution in [2.24, 2.45) is 5.92 Å². The van der Waals surface area contributed by atoms with E-state index in [0.29, 0.717) is 12.5 Å². The molecule has 0 aliphatic carbocycles. The van der Waals surface area contributed by atoms with Gasteiger partial charge in [0, 0.05) is 6.61 Å². The number of aliphatic hydroxyl groups excluding tert-OH is 1. The van der Waals surface area contributed by atoms with Crippen molar-refractivity contribution in [2.75, 3.05) is 6.61 Å². The van der Waals surface area contributed by atoms with E-state index < -0.39 is 0 Å². The van der Waals surface area contributed by atoms with Crippen molar-refractivity contribution in [3.8, 4) is 0 Å². The summed E-state index contributed by atoms with van der Waals surface area (Å²) in [6.07, 6.45) is 2.04. The maximum absolute atomic E-state index is 9.13. The van der Waals surface area contributed by atoms with Crippen LogP contribution in [-0.2, 0) is 6.42 Å². The summed E-state index contributed by atoms with van der Waals surface area (Å²) >= 11 is 0. The van der Waals surface area contributed by atoms with Gasteiger partial charge in [0.15, 0.2) is 0 Å². The van der Waals surface area contributed by atoms with Crippen LogP contribution in [-0.4, -0.2) is 11.7 Å². The highest BCUT2D eigenvalue weighted by Crippen LogP contribution is 2.16. The van der Waals surface area contributed by atoms with E-state index in [1.54, 1.807) is 0 Å². The Hall–Kier alpha value is -0.820. The Morgan fingerprint density at radius 2 is 2.00 bits per heavy atom. The minimum Gasteiger partial charge on any atom is -0.396 e. The second-order valence-corrected chi connectivity index (χ2v) is 4.09. The van der Waals surface area contributed by atoms with Gasteiger partial charge >= 0.3 is 0 Å². The Balaban J connectivity index is 2.76. The Morgan fingerprint density at radius 3 is 2.50 bits per heavy atom. The molecular weight excluding hydrogens is 172 g/mol. The van der Waals surface area contributed by atoms with Gasteiger partial charge in [-0.2, -0.15) is 0 Å². The lowest BCUT2D eigenvalue weighted by molar-refractivity contribution is 0.222. The van der Waals surface area contributed by atoms with Crippen LogP contribution in [0.4, 0.5) is 0 Å². The molecule has 0 aliphatic heterocycles. The summed E-state index contributed by atoms with van der Waals surface area (Å²) in [7, 11) is 0. The van der Waals surface area contributed by atoms with Crippen LogP contribution < -0.4 is 0 Å². The molecule has 1 atom stereocenters. The van der Waals surface area contributed by atoms with Crippen molar-refractivity contribution in [3.05, 3.63) is 34.9 Å². The molecule has 0 radical (unpaired) electrons. The summed E-state index contributed by atoms with van der Waals surface area (Å²) < 4.78 is 0. The molecule has 78 valence electrons. The second kappa shape index (κ2) is 5.16. The Kier molecular flexibility index (Phi) is 4.15. The molecule has 0 saturated heterocycles. The molecule has 0 bridgehead atoms. The molecule has 0 spiro atoms. The van der Waals surface area contributed by atoms with E-state index in [1.165, 1.54) is 16.7 Å². The topological polar surface area (TPSA) is 20.2 Å². The largest absolute Gasteiger partial charge is 0.396 e. The number of aryl methyl sites for hydroxylation is 2. The third-order valence-electron chi connectivity index (χ3n) is 2.84. The van der Waals surface area contributed by atoms with Crippen LogP contribution in [0.5, 0.6) is 0 Å². The molecule has 1 heteroatoms. The molecule has 0 heterocycles. The molecule has 0 fully saturated rings. The summed E-state index contributed by atoms with van der Waals surface area (Å²) in [6, 6.07) is 6.54. The molecule has 1 N–H and O–H groups in total. The quantitative estimate of drug-likeness (QED) is 0.777. The fraction of sp³-hybridized carbons (Fsp3) is 0.538. The Labute approximate surface area is 86.8 Å². The zero-order chi connectivity index (χ0) is 10.6. The fourth-order valence-electron chi connectivity index (χ4n) is 1.72. The van der Waals surface area contributed by atoms with Crippen LogP contribution in [0, 0.1) is 19.8 Å². The molecule has 14 heavy (non-hydrogen) atoms. The number of benzene rings is 1. The number of hydrogen-bond donors (Lipinski definition) is 1. The summed E-state index contributed by atoms with van der Waals surface area (Å²) in [6.45, 7) is 6.68. The first-order chi connectivity index (χ1) is 6.67. The summed E-state index contributed by atoms with van der Waals surface area (Å²) in [4.78, 5) is 0. The van der Waals surface area contributed by atoms with Gasteiger partial charge in [-0.3, -0.25) is 0 Å². The highest BCUT2D eigenvalue weighted by Gasteiger charge is 2.07. The van der Waals surface area contributed by atoms with Crippen LogP contribution in [0.25, 0.3) is 0 Å². The average molecular weight is 192 g/mol. The van der Waals surface area contributed by atoms with Gasteiger partial charge in [-0.05, 0) is 37.3 Å². The van der Waals surface area contributed by atoms with E-state index >= 15 is 0 Å². The molecule has 1 rings (SSSR count). The van der Waals surface area contributed by atoms with E-state index in [4.69, 9.17) is 5.11 Å². The second-order valence-electron chi connectivity index (χ2n) is 4.09. The van der Waals surface area contributed by atoms with Gasteiger partial charge < -0.3 is 5.11 Å². The average Bonchev–Trinajstić information content (AvgIpc) is 2.17. The van der Waals surface area contributed by atoms with E-state index in [0.717, 1.165) is 12.8 Å². The van der Waals surface area contributed by atoms with Crippen molar-refractivity contribution < 1.29 is 5.11 Å². The monoisotopic (exact) mass is 192 g/mol. The lowest BCUT2D eigenvalue weighted by Gasteiger charge is -2.13. The van der Waals surface area contributed by atoms with Gasteiger partial charge in [0.25, 0.3) is 0 Å². The first-order valence-corrected chi connectivity index (χ1v) is 5.34. The van der Waals surface area contributed by atoms with Crippen molar-refractivity contribution in [2.45, 2.75) is 33.6 Å². The molecule has 1 aromatic rings. The molecule has 0 amide bonds. The predicted octanol–water partition coefficient (Wildman–Crippen LogP) is 2.86. The molecule has 0 aliphatic rings. The maximum atomic E-state index is 9.13. The third-order valence-corrected chi connectivity index (χ3v) is 2.84. The number of hydrogen-bond acceptors (Lipinski definition) is 1. The van der Waals surface area contributed by atoms with E-state index in [1.807, 2.05) is 0 Å². The highest BCUT2D eigenvalue weighted by atomic mass is 16.3. The lowest BCUT2D eigenvalue weighted by atomic mass is 9.94. The van der Waals surface area contributed by atoms with Crippen LogP contribution in [0.3, 0.4) is 0 Å². The zero-order valence-corrected chi connectivity index (χ0v) is 9.38. The smallest absolute Gasteiger partial charge is 0.0462 e. The first kappa shape index (κ1) is 11.3. The van der Waals surface area contributed by atoms with E-state index in [9.17, 15) is 0 Å². The molecule has 1 unspecified atom stereocenters. The maximum Gasteiger partial charge on any atom is 0.0462 e. The van der Waals surface area contributed by atoms with Crippen LogP contribution >= 0.6 is 0 Å². The van der Waals surface area contributed by atoms with Crippen LogP contribution in [0.1, 0.15) is 30.0 Å². The van der Waals surface area contributed by atoms with Gasteiger partial charge in [-0.1, -0.05) is 37.1 Å². The summed E-state index contributed by atoms with van der Waals surface area (Å²) in [5.74, 6) is 0.413. The van der Waals surface area contributed by atoms with Gasteiger partial charge in [0.1, 0.15) is 0 Å². The van der Waals surface area contributed by atoms with Gasteiger partial charge in [-0.15, -0.1) is 0 Å².